The molecule has 3 amide bonds. The molecule has 3 aromatic carbocycles. The molecular weight excluding hydrogens is 522 g/mol. The Kier molecular flexibility index (Phi) is 10.6. The number of nitrogens with one attached hydrogen (secondary N) is 2. The van der Waals surface area contributed by atoms with Gasteiger partial charge in [-0.05, 0) is 86.7 Å². The lowest BCUT2D eigenvalue weighted by atomic mass is 10.0. The average Bonchev–Trinajstić information content (AvgIpc) is 2.92. The minimum absolute atomic E-state index is 0.233. The Hall–Kier alpha value is -3.96. The lowest BCUT2D eigenvalue weighted by molar-refractivity contribution is -0.140. The fraction of sp³-hybridized carbons (Fsp3) is 0.344. The summed E-state index contributed by atoms with van der Waals surface area (Å²) < 4.78 is 5.42. The lowest BCUT2D eigenvalue weighted by Gasteiger charge is -2.33. The van der Waals surface area contributed by atoms with Gasteiger partial charge in [-0.1, -0.05) is 48.4 Å². The Labute approximate surface area is 241 Å². The van der Waals surface area contributed by atoms with Crippen LogP contribution in [0.4, 0.5) is 10.5 Å². The van der Waals surface area contributed by atoms with Gasteiger partial charge in [0.2, 0.25) is 5.91 Å². The number of hydrogen-bond donors (Lipinski definition) is 2. The van der Waals surface area contributed by atoms with Crippen LogP contribution in [0.25, 0.3) is 10.8 Å². The summed E-state index contributed by atoms with van der Waals surface area (Å²) in [4.78, 5) is 42.0. The molecule has 2 atom stereocenters. The smallest absolute Gasteiger partial charge is 0.408 e. The van der Waals surface area contributed by atoms with Crippen molar-refractivity contribution in [3.8, 4) is 12.3 Å². The molecule has 0 radical (unpaired) electrons. The largest absolute Gasteiger partial charge is 0.444 e. The van der Waals surface area contributed by atoms with E-state index in [1.807, 2.05) is 55.6 Å². The van der Waals surface area contributed by atoms with E-state index < -0.39 is 23.8 Å². The van der Waals surface area contributed by atoms with Gasteiger partial charge in [0.25, 0.3) is 5.91 Å². The first-order valence-corrected chi connectivity index (χ1v) is 14.6. The number of carbonyl (C=O) groups is 3. The van der Waals surface area contributed by atoms with Crippen molar-refractivity contribution in [2.75, 3.05) is 23.9 Å². The number of rotatable bonds is 10. The first kappa shape index (κ1) is 30.6. The van der Waals surface area contributed by atoms with Gasteiger partial charge in [0.1, 0.15) is 17.7 Å². The Balaban J connectivity index is 1.96. The van der Waals surface area contributed by atoms with Crippen molar-refractivity contribution in [1.82, 2.24) is 10.2 Å². The van der Waals surface area contributed by atoms with E-state index >= 15 is 0 Å². The lowest BCUT2D eigenvalue weighted by Crippen LogP contribution is -2.52. The van der Waals surface area contributed by atoms with E-state index in [1.54, 1.807) is 56.8 Å². The van der Waals surface area contributed by atoms with Gasteiger partial charge in [-0.3, -0.25) is 9.59 Å². The molecule has 0 saturated carbocycles. The third-order valence-corrected chi connectivity index (χ3v) is 6.84. The van der Waals surface area contributed by atoms with E-state index in [-0.39, 0.29) is 18.4 Å². The number of fused-ring (bicyclic) bond motifs is 1. The van der Waals surface area contributed by atoms with Gasteiger partial charge in [0.15, 0.2) is 0 Å². The van der Waals surface area contributed by atoms with Crippen LogP contribution < -0.4 is 10.6 Å². The van der Waals surface area contributed by atoms with Crippen LogP contribution in [0.3, 0.4) is 0 Å². The second kappa shape index (κ2) is 13.9. The van der Waals surface area contributed by atoms with E-state index in [0.29, 0.717) is 29.0 Å². The van der Waals surface area contributed by atoms with Gasteiger partial charge in [0, 0.05) is 17.8 Å². The van der Waals surface area contributed by atoms with E-state index in [9.17, 15) is 14.4 Å². The molecule has 2 N–H and O–H groups in total. The molecule has 210 valence electrons. The molecule has 40 heavy (non-hydrogen) atoms. The summed E-state index contributed by atoms with van der Waals surface area (Å²) in [6.45, 7) is 7.32. The highest BCUT2D eigenvalue weighted by atomic mass is 32.2. The number of anilines is 1. The van der Waals surface area contributed by atoms with Gasteiger partial charge in [-0.15, -0.1) is 6.42 Å². The molecular formula is C32H37N3O4S. The fourth-order valence-electron chi connectivity index (χ4n) is 4.32. The number of likely N-dealkylation sites (N-methyl/N-ethyl adjacent to an activating group) is 1. The number of ether oxygens (including phenoxy) is 1. The van der Waals surface area contributed by atoms with Crippen molar-refractivity contribution >= 4 is 46.1 Å². The number of carbonyl (C=O) groups excluding carboxylic acids is 3. The first-order valence-electron chi connectivity index (χ1n) is 13.2. The minimum atomic E-state index is -0.965. The van der Waals surface area contributed by atoms with Gasteiger partial charge in [-0.25, -0.2) is 4.79 Å². The molecule has 0 aromatic heterocycles. The maximum atomic E-state index is 14.0. The number of thioether (sulfide) groups is 1. The van der Waals surface area contributed by atoms with E-state index in [4.69, 9.17) is 11.2 Å². The third kappa shape index (κ3) is 8.27. The van der Waals surface area contributed by atoms with Crippen LogP contribution in [0, 0.1) is 12.3 Å². The van der Waals surface area contributed by atoms with Gasteiger partial charge in [-0.2, -0.15) is 11.8 Å². The van der Waals surface area contributed by atoms with Crippen LogP contribution >= 0.6 is 11.8 Å². The van der Waals surface area contributed by atoms with Crippen LogP contribution in [0.2, 0.25) is 0 Å². The van der Waals surface area contributed by atoms with Crippen LogP contribution in [-0.4, -0.2) is 53.0 Å². The molecule has 0 spiro atoms. The zero-order valence-corrected chi connectivity index (χ0v) is 24.5. The highest BCUT2D eigenvalue weighted by Gasteiger charge is 2.35. The summed E-state index contributed by atoms with van der Waals surface area (Å²) >= 11 is 1.56. The summed E-state index contributed by atoms with van der Waals surface area (Å²) in [6.07, 6.45) is 7.17. The predicted octanol–water partition coefficient (Wildman–Crippen LogP) is 6.00. The molecule has 3 rings (SSSR count). The number of alkyl carbamates (subject to hydrolysis) is 1. The molecule has 0 aliphatic carbocycles. The van der Waals surface area contributed by atoms with Crippen molar-refractivity contribution in [3.05, 3.63) is 77.9 Å². The predicted molar refractivity (Wildman–Crippen MR) is 163 cm³/mol. The van der Waals surface area contributed by atoms with Gasteiger partial charge < -0.3 is 20.3 Å². The van der Waals surface area contributed by atoms with E-state index in [1.165, 1.54) is 4.90 Å². The second-order valence-corrected chi connectivity index (χ2v) is 11.3. The van der Waals surface area contributed by atoms with Crippen LogP contribution in [0.1, 0.15) is 51.3 Å². The monoisotopic (exact) mass is 559 g/mol. The molecule has 0 aliphatic rings. The maximum absolute atomic E-state index is 14.0. The summed E-state index contributed by atoms with van der Waals surface area (Å²) in [5.74, 6) is 2.47. The van der Waals surface area contributed by atoms with Crippen LogP contribution in [0.15, 0.2) is 66.7 Å². The number of terminal acetylenes is 1. The van der Waals surface area contributed by atoms with Crippen molar-refractivity contribution in [2.45, 2.75) is 51.8 Å². The molecule has 2 unspecified atom stereocenters. The van der Waals surface area contributed by atoms with Crippen molar-refractivity contribution in [1.29, 1.82) is 0 Å². The highest BCUT2D eigenvalue weighted by molar-refractivity contribution is 7.98. The topological polar surface area (TPSA) is 87.7 Å². The normalized spacial score (nSPS) is 12.6. The first-order chi connectivity index (χ1) is 19.1. The van der Waals surface area contributed by atoms with E-state index in [0.717, 1.165) is 10.8 Å². The molecule has 0 fully saturated rings. The quantitative estimate of drug-likeness (QED) is 0.298. The minimum Gasteiger partial charge on any atom is -0.444 e. The summed E-state index contributed by atoms with van der Waals surface area (Å²) in [6, 6.07) is 18.7. The highest BCUT2D eigenvalue weighted by Crippen LogP contribution is 2.26. The molecule has 8 heteroatoms. The summed E-state index contributed by atoms with van der Waals surface area (Å²) in [5, 5.41) is 7.76. The standard InChI is InChI=1S/C32H37N3O4S/c1-7-22-13-15-24(16-14-22)28(29(36)33-26-18-17-23-11-9-10-12-25(23)21-26)35(8-2)30(37)27(19-20-40-6)34-31(38)39-32(3,4)5/h1,9-18,21,27-28H,8,19-20H2,2-6H3,(H,33,36)(H,34,38). The Morgan fingerprint density at radius 3 is 2.30 bits per heavy atom. The molecule has 3 aromatic rings. The number of nitrogens with zero attached hydrogens (tertiary/aromatic N) is 1. The second-order valence-electron chi connectivity index (χ2n) is 10.3. The molecule has 0 heterocycles. The summed E-state index contributed by atoms with van der Waals surface area (Å²) in [5.41, 5.74) is 1.16. The van der Waals surface area contributed by atoms with Crippen LogP contribution in [0.5, 0.6) is 0 Å². The van der Waals surface area contributed by atoms with Crippen molar-refractivity contribution in [2.24, 2.45) is 0 Å². The molecule has 0 aliphatic heterocycles. The van der Waals surface area contributed by atoms with Gasteiger partial charge >= 0.3 is 6.09 Å². The summed E-state index contributed by atoms with van der Waals surface area (Å²) in [7, 11) is 0. The van der Waals surface area contributed by atoms with Gasteiger partial charge in [0.05, 0.1) is 0 Å². The third-order valence-electron chi connectivity index (χ3n) is 6.19. The Morgan fingerprint density at radius 1 is 1.02 bits per heavy atom. The molecule has 0 bridgehead atoms. The number of benzene rings is 3. The van der Waals surface area contributed by atoms with Crippen molar-refractivity contribution < 1.29 is 19.1 Å². The maximum Gasteiger partial charge on any atom is 0.408 e. The Bertz CT molecular complexity index is 1380. The van der Waals surface area contributed by atoms with E-state index in [2.05, 4.69) is 16.6 Å². The zero-order chi connectivity index (χ0) is 29.3. The fourth-order valence-corrected chi connectivity index (χ4v) is 4.79. The molecule has 0 saturated heterocycles. The Morgan fingerprint density at radius 2 is 1.70 bits per heavy atom. The number of hydrogen-bond acceptors (Lipinski definition) is 5. The average molecular weight is 560 g/mol. The van der Waals surface area contributed by atoms with Crippen molar-refractivity contribution in [3.63, 3.8) is 0 Å². The SMILES string of the molecule is C#Cc1ccc(C(C(=O)Nc2ccc3ccccc3c2)N(CC)C(=O)C(CCSC)NC(=O)OC(C)(C)C)cc1. The zero-order valence-electron chi connectivity index (χ0n) is 23.7. The number of amides is 3. The molecule has 7 nitrogen and oxygen atoms in total. The van der Waals surface area contributed by atoms with Crippen LogP contribution in [-0.2, 0) is 14.3 Å².